The Labute approximate surface area is 131 Å². The Morgan fingerprint density at radius 3 is 2.50 bits per heavy atom. The summed E-state index contributed by atoms with van der Waals surface area (Å²) in [5.41, 5.74) is -2.28. The predicted molar refractivity (Wildman–Crippen MR) is 82.7 cm³/mol. The largest absolute Gasteiger partial charge is 0.387 e. The van der Waals surface area contributed by atoms with Gasteiger partial charge in [0.2, 0.25) is 0 Å². The molecule has 4 nitrogen and oxygen atoms in total. The molecule has 1 fully saturated rings. The molecule has 0 aliphatic carbocycles. The summed E-state index contributed by atoms with van der Waals surface area (Å²) in [5.74, 6) is 0. The van der Waals surface area contributed by atoms with Crippen molar-refractivity contribution in [3.05, 3.63) is 35.9 Å². The van der Waals surface area contributed by atoms with Gasteiger partial charge in [0.15, 0.2) is 12.0 Å². The topological polar surface area (TPSA) is 41.9 Å². The van der Waals surface area contributed by atoms with Gasteiger partial charge in [0.05, 0.1) is 11.6 Å². The molecule has 0 spiro atoms. The van der Waals surface area contributed by atoms with E-state index in [1.807, 2.05) is 37.3 Å². The molecule has 1 saturated heterocycles. The molecular weight excluding hydrogens is 285 g/mol. The van der Waals surface area contributed by atoms with Gasteiger partial charge < -0.3 is 9.84 Å². The second kappa shape index (κ2) is 6.62. The lowest BCUT2D eigenvalue weighted by Crippen LogP contribution is -2.56. The molecule has 0 amide bonds. The third-order valence-corrected chi connectivity index (χ3v) is 4.37. The molecule has 0 radical (unpaired) electrons. The number of hydrogen-bond acceptors (Lipinski definition) is 4. The van der Waals surface area contributed by atoms with Crippen molar-refractivity contribution >= 4 is 0 Å². The maximum atomic E-state index is 15.2. The van der Waals surface area contributed by atoms with Gasteiger partial charge in [0.1, 0.15) is 0 Å². The van der Waals surface area contributed by atoms with Crippen LogP contribution in [0, 0.1) is 0 Å². The number of rotatable bonds is 6. The molecule has 124 valence electrons. The number of hydroxylamine groups is 2. The fraction of sp³-hybridized carbons (Fsp3) is 0.647. The van der Waals surface area contributed by atoms with Gasteiger partial charge in [-0.15, -0.1) is 0 Å². The number of aliphatic hydroxyl groups is 1. The van der Waals surface area contributed by atoms with Crippen molar-refractivity contribution in [3.63, 3.8) is 0 Å². The Morgan fingerprint density at radius 1 is 1.32 bits per heavy atom. The van der Waals surface area contributed by atoms with Crippen LogP contribution < -0.4 is 0 Å². The minimum atomic E-state index is -1.83. The molecule has 1 heterocycles. The van der Waals surface area contributed by atoms with E-state index in [2.05, 4.69) is 0 Å². The van der Waals surface area contributed by atoms with Crippen LogP contribution in [0.25, 0.3) is 0 Å². The number of halogens is 1. The number of ether oxygens (including phenoxy) is 1. The van der Waals surface area contributed by atoms with Crippen LogP contribution in [0.5, 0.6) is 0 Å². The van der Waals surface area contributed by atoms with Gasteiger partial charge in [-0.25, -0.2) is 4.39 Å². The Hall–Kier alpha value is -1.01. The monoisotopic (exact) mass is 311 g/mol. The molecule has 0 saturated carbocycles. The van der Waals surface area contributed by atoms with E-state index in [1.165, 1.54) is 20.8 Å². The van der Waals surface area contributed by atoms with Gasteiger partial charge in [0.25, 0.3) is 0 Å². The Bertz CT molecular complexity index is 473. The molecule has 1 unspecified atom stereocenters. The number of benzene rings is 1. The van der Waals surface area contributed by atoms with Gasteiger partial charge in [-0.1, -0.05) is 30.3 Å². The van der Waals surface area contributed by atoms with E-state index in [0.717, 1.165) is 5.56 Å². The third kappa shape index (κ3) is 3.66. The van der Waals surface area contributed by atoms with Crippen LogP contribution in [0.1, 0.15) is 39.7 Å². The fourth-order valence-corrected chi connectivity index (χ4v) is 2.66. The first-order valence-electron chi connectivity index (χ1n) is 7.76. The summed E-state index contributed by atoms with van der Waals surface area (Å²) in [6.45, 7) is 7.23. The highest BCUT2D eigenvalue weighted by atomic mass is 19.1. The number of nitrogens with zero attached hydrogens (tertiary/aromatic N) is 1. The highest BCUT2D eigenvalue weighted by molar-refractivity contribution is 5.15. The van der Waals surface area contributed by atoms with Crippen molar-refractivity contribution < 1.29 is 19.1 Å². The van der Waals surface area contributed by atoms with E-state index >= 15 is 4.39 Å². The van der Waals surface area contributed by atoms with Gasteiger partial charge in [0, 0.05) is 19.6 Å². The van der Waals surface area contributed by atoms with Crippen LogP contribution in [0.15, 0.2) is 30.3 Å². The fourth-order valence-electron chi connectivity index (χ4n) is 2.66. The molecule has 0 bridgehead atoms. The molecule has 1 N–H and O–H groups in total. The zero-order valence-electron chi connectivity index (χ0n) is 13.8. The minimum Gasteiger partial charge on any atom is -0.387 e. The predicted octanol–water partition coefficient (Wildman–Crippen LogP) is 3.05. The molecule has 1 aliphatic heterocycles. The summed E-state index contributed by atoms with van der Waals surface area (Å²) in [5, 5.41) is 11.8. The average Bonchev–Trinajstić information content (AvgIpc) is 2.82. The summed E-state index contributed by atoms with van der Waals surface area (Å²) >= 11 is 0. The van der Waals surface area contributed by atoms with Gasteiger partial charge in [-0.2, -0.15) is 5.06 Å². The lowest BCUT2D eigenvalue weighted by atomic mass is 9.81. The zero-order chi connectivity index (χ0) is 16.4. The Balaban J connectivity index is 2.20. The van der Waals surface area contributed by atoms with E-state index in [4.69, 9.17) is 9.57 Å². The standard InChI is InChI=1S/C17H26FNO3/c1-5-21-15-11-14(17(4,18)16(2,3)20)19(22-15)12-13-9-7-6-8-10-13/h6-10,14-15,20H,5,11-12H2,1-4H3/t14-,15?,17+/m0/s1. The zero-order valence-corrected chi connectivity index (χ0v) is 13.8. The number of alkyl halides is 1. The minimum absolute atomic E-state index is 0.387. The first-order chi connectivity index (χ1) is 10.3. The van der Waals surface area contributed by atoms with Crippen LogP contribution in [-0.2, 0) is 16.1 Å². The van der Waals surface area contributed by atoms with E-state index < -0.39 is 23.6 Å². The summed E-state index contributed by atoms with van der Waals surface area (Å²) in [6.07, 6.45) is -0.0892. The second-order valence-corrected chi connectivity index (χ2v) is 6.44. The quantitative estimate of drug-likeness (QED) is 0.877. The lowest BCUT2D eigenvalue weighted by molar-refractivity contribution is -0.257. The van der Waals surface area contributed by atoms with Crippen LogP contribution >= 0.6 is 0 Å². The highest BCUT2D eigenvalue weighted by Gasteiger charge is 2.53. The van der Waals surface area contributed by atoms with Crippen molar-refractivity contribution in [1.82, 2.24) is 5.06 Å². The maximum absolute atomic E-state index is 15.2. The molecule has 2 rings (SSSR count). The molecule has 22 heavy (non-hydrogen) atoms. The molecule has 0 aromatic heterocycles. The van der Waals surface area contributed by atoms with Crippen LogP contribution in [0.3, 0.4) is 0 Å². The van der Waals surface area contributed by atoms with E-state index in [0.29, 0.717) is 19.6 Å². The highest BCUT2D eigenvalue weighted by Crippen LogP contribution is 2.39. The first-order valence-corrected chi connectivity index (χ1v) is 7.76. The second-order valence-electron chi connectivity index (χ2n) is 6.44. The van der Waals surface area contributed by atoms with Crippen molar-refractivity contribution in [2.24, 2.45) is 0 Å². The van der Waals surface area contributed by atoms with Crippen molar-refractivity contribution in [2.45, 2.75) is 64.3 Å². The van der Waals surface area contributed by atoms with E-state index in [-0.39, 0.29) is 0 Å². The van der Waals surface area contributed by atoms with Gasteiger partial charge in [-0.3, -0.25) is 4.84 Å². The van der Waals surface area contributed by atoms with Crippen molar-refractivity contribution in [2.75, 3.05) is 6.61 Å². The molecule has 1 aromatic rings. The summed E-state index contributed by atoms with van der Waals surface area (Å²) < 4.78 is 20.7. The summed E-state index contributed by atoms with van der Waals surface area (Å²) in [7, 11) is 0. The first kappa shape index (κ1) is 17.3. The van der Waals surface area contributed by atoms with Crippen molar-refractivity contribution in [1.29, 1.82) is 0 Å². The van der Waals surface area contributed by atoms with Crippen molar-refractivity contribution in [3.8, 4) is 0 Å². The Morgan fingerprint density at radius 2 is 1.95 bits per heavy atom. The summed E-state index contributed by atoms with van der Waals surface area (Å²) in [6, 6.07) is 9.16. The maximum Gasteiger partial charge on any atom is 0.179 e. The SMILES string of the molecule is CCOC1C[C@@H]([C@@](C)(F)C(C)(C)O)N(Cc2ccccc2)O1. The van der Waals surface area contributed by atoms with E-state index in [1.54, 1.807) is 5.06 Å². The number of hydrogen-bond donors (Lipinski definition) is 1. The molecule has 5 heteroatoms. The molecular formula is C17H26FNO3. The normalized spacial score (nSPS) is 26.1. The van der Waals surface area contributed by atoms with Gasteiger partial charge >= 0.3 is 0 Å². The smallest absolute Gasteiger partial charge is 0.179 e. The van der Waals surface area contributed by atoms with Crippen LogP contribution in [0.4, 0.5) is 4.39 Å². The lowest BCUT2D eigenvalue weighted by Gasteiger charge is -2.40. The molecule has 1 aliphatic rings. The van der Waals surface area contributed by atoms with Crippen LogP contribution in [-0.4, -0.2) is 40.4 Å². The summed E-state index contributed by atoms with van der Waals surface area (Å²) in [4.78, 5) is 5.76. The average molecular weight is 311 g/mol. The van der Waals surface area contributed by atoms with Gasteiger partial charge in [-0.05, 0) is 33.3 Å². The molecule has 3 atom stereocenters. The molecule has 1 aromatic carbocycles. The van der Waals surface area contributed by atoms with Crippen LogP contribution in [0.2, 0.25) is 0 Å². The third-order valence-electron chi connectivity index (χ3n) is 4.37. The Kier molecular flexibility index (Phi) is 5.22. The van der Waals surface area contributed by atoms with E-state index in [9.17, 15) is 5.11 Å².